The number of anilines is 1. The van der Waals surface area contributed by atoms with Crippen LogP contribution >= 0.6 is 11.3 Å². The molecule has 0 spiro atoms. The van der Waals surface area contributed by atoms with Crippen LogP contribution < -0.4 is 10.2 Å². The van der Waals surface area contributed by atoms with Gasteiger partial charge in [0, 0.05) is 43.0 Å². The number of amides is 1. The molecule has 0 radical (unpaired) electrons. The summed E-state index contributed by atoms with van der Waals surface area (Å²) in [6.45, 7) is 3.65. The second-order valence-corrected chi connectivity index (χ2v) is 8.61. The third kappa shape index (κ3) is 2.91. The van der Waals surface area contributed by atoms with Crippen LogP contribution in [0.5, 0.6) is 0 Å². The Bertz CT molecular complexity index is 789. The summed E-state index contributed by atoms with van der Waals surface area (Å²) in [5.41, 5.74) is 2.30. The number of fused-ring (bicyclic) bond motifs is 3. The van der Waals surface area contributed by atoms with E-state index in [0.29, 0.717) is 18.5 Å². The molecule has 1 N–H and O–H groups in total. The minimum absolute atomic E-state index is 0.221. The Morgan fingerprint density at radius 3 is 2.73 bits per heavy atom. The van der Waals surface area contributed by atoms with Gasteiger partial charge in [-0.25, -0.2) is 4.98 Å². The fraction of sp³-hybridized carbons (Fsp3) is 0.500. The van der Waals surface area contributed by atoms with Crippen LogP contribution in [0.4, 0.5) is 5.13 Å². The van der Waals surface area contributed by atoms with Gasteiger partial charge in [0.15, 0.2) is 5.13 Å². The molecule has 0 saturated carbocycles. The number of thiazole rings is 1. The highest BCUT2D eigenvalue weighted by atomic mass is 32.1. The third-order valence-electron chi connectivity index (χ3n) is 5.87. The van der Waals surface area contributed by atoms with Gasteiger partial charge in [0.05, 0.1) is 18.7 Å². The van der Waals surface area contributed by atoms with E-state index in [0.717, 1.165) is 38.2 Å². The van der Waals surface area contributed by atoms with Crippen molar-refractivity contribution in [3.05, 3.63) is 46.5 Å². The number of hydrogen-bond donors (Lipinski definition) is 1. The number of carbonyl (C=O) groups is 1. The predicted octanol–water partition coefficient (Wildman–Crippen LogP) is 2.21. The van der Waals surface area contributed by atoms with Crippen LogP contribution in [-0.2, 0) is 24.2 Å². The highest BCUT2D eigenvalue weighted by Gasteiger charge is 2.39. The summed E-state index contributed by atoms with van der Waals surface area (Å²) in [6.07, 6.45) is 3.91. The van der Waals surface area contributed by atoms with Gasteiger partial charge in [-0.2, -0.15) is 0 Å². The van der Waals surface area contributed by atoms with Gasteiger partial charge in [0.1, 0.15) is 0 Å². The first-order chi connectivity index (χ1) is 12.8. The molecule has 1 aromatic carbocycles. The number of carbonyl (C=O) groups excluding carboxylic acids is 1. The quantitative estimate of drug-likeness (QED) is 0.902. The second kappa shape index (κ2) is 6.67. The molecule has 3 aliphatic rings. The molecule has 2 bridgehead atoms. The van der Waals surface area contributed by atoms with Crippen molar-refractivity contribution in [3.63, 3.8) is 0 Å². The number of nitrogens with one attached hydrogen (secondary N) is 1. The zero-order valence-corrected chi connectivity index (χ0v) is 15.7. The van der Waals surface area contributed by atoms with E-state index < -0.39 is 0 Å². The molecule has 26 heavy (non-hydrogen) atoms. The Kier molecular flexibility index (Phi) is 4.17. The van der Waals surface area contributed by atoms with Crippen LogP contribution in [0.2, 0.25) is 0 Å². The lowest BCUT2D eigenvalue weighted by Gasteiger charge is -2.35. The van der Waals surface area contributed by atoms with Crippen LogP contribution in [0.15, 0.2) is 30.3 Å². The lowest BCUT2D eigenvalue weighted by molar-refractivity contribution is -0.131. The lowest BCUT2D eigenvalue weighted by atomic mass is 10.1. The van der Waals surface area contributed by atoms with Gasteiger partial charge >= 0.3 is 0 Å². The standard InChI is InChI=1S/C20H24N4OS/c25-19(10-14-4-2-1-3-5-14)23-9-8-17-18(13-23)26-20(22-17)24-15-6-7-16(24)12-21-11-15/h1-5,15-16,21H,6-13H2. The van der Waals surface area contributed by atoms with E-state index in [-0.39, 0.29) is 5.91 Å². The average Bonchev–Trinajstić information content (AvgIpc) is 3.19. The van der Waals surface area contributed by atoms with E-state index in [1.54, 1.807) is 0 Å². The molecule has 2 saturated heterocycles. The number of benzene rings is 1. The van der Waals surface area contributed by atoms with Gasteiger partial charge in [0.2, 0.25) is 5.91 Å². The van der Waals surface area contributed by atoms with Crippen LogP contribution in [0, 0.1) is 0 Å². The molecule has 0 aliphatic carbocycles. The molecule has 2 aromatic rings. The van der Waals surface area contributed by atoms with Crippen molar-refractivity contribution in [3.8, 4) is 0 Å². The van der Waals surface area contributed by atoms with E-state index in [2.05, 4.69) is 10.2 Å². The Morgan fingerprint density at radius 1 is 1.19 bits per heavy atom. The van der Waals surface area contributed by atoms with E-state index in [4.69, 9.17) is 4.98 Å². The summed E-state index contributed by atoms with van der Waals surface area (Å²) in [4.78, 5) is 23.5. The van der Waals surface area contributed by atoms with Gasteiger partial charge < -0.3 is 15.1 Å². The molecule has 2 unspecified atom stereocenters. The molecule has 5 nitrogen and oxygen atoms in total. The number of rotatable bonds is 3. The van der Waals surface area contributed by atoms with Gasteiger partial charge in [-0.05, 0) is 18.4 Å². The Balaban J connectivity index is 1.31. The maximum absolute atomic E-state index is 12.7. The SMILES string of the molecule is O=C(Cc1ccccc1)N1CCc2nc(N3C4CCC3CNC4)sc2C1. The number of aromatic nitrogens is 1. The van der Waals surface area contributed by atoms with E-state index in [1.165, 1.54) is 28.5 Å². The average molecular weight is 369 g/mol. The third-order valence-corrected chi connectivity index (χ3v) is 6.97. The molecule has 2 atom stereocenters. The molecule has 6 heteroatoms. The molecular weight excluding hydrogens is 344 g/mol. The summed E-state index contributed by atoms with van der Waals surface area (Å²) in [5.74, 6) is 0.221. The van der Waals surface area contributed by atoms with Crippen LogP contribution in [-0.4, -0.2) is 47.5 Å². The van der Waals surface area contributed by atoms with Crippen molar-refractivity contribution < 1.29 is 4.79 Å². The Hall–Kier alpha value is -1.92. The van der Waals surface area contributed by atoms with Crippen molar-refractivity contribution in [2.24, 2.45) is 0 Å². The highest BCUT2D eigenvalue weighted by molar-refractivity contribution is 7.15. The Morgan fingerprint density at radius 2 is 1.96 bits per heavy atom. The highest BCUT2D eigenvalue weighted by Crippen LogP contribution is 2.38. The first kappa shape index (κ1) is 16.3. The van der Waals surface area contributed by atoms with E-state index >= 15 is 0 Å². The van der Waals surface area contributed by atoms with Gasteiger partial charge in [0.25, 0.3) is 0 Å². The smallest absolute Gasteiger partial charge is 0.227 e. The van der Waals surface area contributed by atoms with Crippen molar-refractivity contribution in [1.82, 2.24) is 15.2 Å². The van der Waals surface area contributed by atoms with Crippen LogP contribution in [0.3, 0.4) is 0 Å². The summed E-state index contributed by atoms with van der Waals surface area (Å²) in [5, 5.41) is 4.72. The molecule has 4 heterocycles. The molecule has 5 rings (SSSR count). The van der Waals surface area contributed by atoms with Crippen molar-refractivity contribution >= 4 is 22.4 Å². The molecule has 3 aliphatic heterocycles. The van der Waals surface area contributed by atoms with E-state index in [1.807, 2.05) is 46.6 Å². The molecule has 1 aromatic heterocycles. The van der Waals surface area contributed by atoms with Gasteiger partial charge in [-0.15, -0.1) is 0 Å². The van der Waals surface area contributed by atoms with Crippen molar-refractivity contribution in [1.29, 1.82) is 0 Å². The number of hydrogen-bond acceptors (Lipinski definition) is 5. The maximum Gasteiger partial charge on any atom is 0.227 e. The first-order valence-corrected chi connectivity index (χ1v) is 10.4. The summed E-state index contributed by atoms with van der Waals surface area (Å²) < 4.78 is 0. The number of nitrogens with zero attached hydrogens (tertiary/aromatic N) is 3. The van der Waals surface area contributed by atoms with Crippen LogP contribution in [0.1, 0.15) is 29.0 Å². The topological polar surface area (TPSA) is 48.5 Å². The van der Waals surface area contributed by atoms with Crippen molar-refractivity contribution in [2.75, 3.05) is 24.5 Å². The monoisotopic (exact) mass is 368 g/mol. The van der Waals surface area contributed by atoms with E-state index in [9.17, 15) is 4.79 Å². The largest absolute Gasteiger partial charge is 0.340 e. The summed E-state index contributed by atoms with van der Waals surface area (Å²) in [7, 11) is 0. The van der Waals surface area contributed by atoms with Crippen molar-refractivity contribution in [2.45, 2.75) is 44.3 Å². The zero-order chi connectivity index (χ0) is 17.5. The first-order valence-electron chi connectivity index (χ1n) is 9.57. The fourth-order valence-electron chi connectivity index (χ4n) is 4.48. The molecule has 1 amide bonds. The van der Waals surface area contributed by atoms with Gasteiger partial charge in [-0.3, -0.25) is 4.79 Å². The Labute approximate surface area is 158 Å². The summed E-state index contributed by atoms with van der Waals surface area (Å²) in [6, 6.07) is 11.2. The normalized spacial score (nSPS) is 24.6. The maximum atomic E-state index is 12.7. The fourth-order valence-corrected chi connectivity index (χ4v) is 5.74. The van der Waals surface area contributed by atoms with Gasteiger partial charge in [-0.1, -0.05) is 41.7 Å². The van der Waals surface area contributed by atoms with Crippen LogP contribution in [0.25, 0.3) is 0 Å². The molecular formula is C20H24N4OS. The lowest BCUT2D eigenvalue weighted by Crippen LogP contribution is -2.51. The minimum atomic E-state index is 0.221. The number of piperazine rings is 1. The molecule has 136 valence electrons. The minimum Gasteiger partial charge on any atom is -0.340 e. The molecule has 2 fully saturated rings. The second-order valence-electron chi connectivity index (χ2n) is 7.54. The summed E-state index contributed by atoms with van der Waals surface area (Å²) >= 11 is 1.81. The predicted molar refractivity (Wildman–Crippen MR) is 104 cm³/mol. The zero-order valence-electron chi connectivity index (χ0n) is 14.9.